The fraction of sp³-hybridized carbons (Fsp3) is 0.143. The van der Waals surface area contributed by atoms with Crippen molar-refractivity contribution in [2.75, 3.05) is 0 Å². The standard InChI is InChI=1S/C7H8BBrO2/c1-8(11)5-2-6(9)4-7(10)3-5/h2-4,10-11H,1H3. The molecule has 4 heteroatoms. The first-order chi connectivity index (χ1) is 5.09. The minimum atomic E-state index is -0.543. The Morgan fingerprint density at radius 1 is 1.36 bits per heavy atom. The van der Waals surface area contributed by atoms with Crippen LogP contribution in [0.25, 0.3) is 0 Å². The molecule has 0 atom stereocenters. The van der Waals surface area contributed by atoms with Crippen molar-refractivity contribution in [3.05, 3.63) is 22.7 Å². The highest BCUT2D eigenvalue weighted by atomic mass is 79.9. The first-order valence-electron chi connectivity index (χ1n) is 3.27. The van der Waals surface area contributed by atoms with Gasteiger partial charge in [0.1, 0.15) is 5.75 Å². The van der Waals surface area contributed by atoms with Crippen LogP contribution in [0.5, 0.6) is 5.75 Å². The van der Waals surface area contributed by atoms with Crippen molar-refractivity contribution in [3.63, 3.8) is 0 Å². The van der Waals surface area contributed by atoms with Gasteiger partial charge in [-0.3, -0.25) is 0 Å². The number of phenolic OH excluding ortho intramolecular Hbond substituents is 1. The third-order valence-corrected chi connectivity index (χ3v) is 1.85. The van der Waals surface area contributed by atoms with E-state index < -0.39 is 6.92 Å². The van der Waals surface area contributed by atoms with Crippen LogP contribution in [0.3, 0.4) is 0 Å². The topological polar surface area (TPSA) is 40.5 Å². The predicted octanol–water partition coefficient (Wildman–Crippen LogP) is 0.975. The Morgan fingerprint density at radius 2 is 2.00 bits per heavy atom. The lowest BCUT2D eigenvalue weighted by atomic mass is 9.64. The SMILES string of the molecule is CB(O)c1cc(O)cc(Br)c1. The molecule has 58 valence electrons. The van der Waals surface area contributed by atoms with E-state index in [1.165, 1.54) is 6.07 Å². The summed E-state index contributed by atoms with van der Waals surface area (Å²) in [5, 5.41) is 18.2. The van der Waals surface area contributed by atoms with Crippen molar-refractivity contribution < 1.29 is 10.1 Å². The summed E-state index contributed by atoms with van der Waals surface area (Å²) in [5.41, 5.74) is 0.705. The van der Waals surface area contributed by atoms with E-state index in [1.807, 2.05) is 0 Å². The quantitative estimate of drug-likeness (QED) is 0.685. The molecule has 0 unspecified atom stereocenters. The highest BCUT2D eigenvalue weighted by molar-refractivity contribution is 9.10. The number of phenols is 1. The van der Waals surface area contributed by atoms with Crippen molar-refractivity contribution >= 4 is 28.3 Å². The molecule has 11 heavy (non-hydrogen) atoms. The van der Waals surface area contributed by atoms with Gasteiger partial charge in [0.2, 0.25) is 0 Å². The molecule has 2 N–H and O–H groups in total. The molecular formula is C7H8BBrO2. The fourth-order valence-corrected chi connectivity index (χ4v) is 1.34. The maximum Gasteiger partial charge on any atom is 0.320 e. The Bertz CT molecular complexity index is 242. The van der Waals surface area contributed by atoms with Crippen LogP contribution in [0.2, 0.25) is 6.82 Å². The third-order valence-electron chi connectivity index (χ3n) is 1.39. The number of rotatable bonds is 1. The zero-order valence-electron chi connectivity index (χ0n) is 6.08. The summed E-state index contributed by atoms with van der Waals surface area (Å²) < 4.78 is 0.772. The van der Waals surface area contributed by atoms with Crippen LogP contribution in [0.15, 0.2) is 22.7 Å². The molecule has 0 bridgehead atoms. The zero-order chi connectivity index (χ0) is 8.43. The van der Waals surface area contributed by atoms with Gasteiger partial charge in [0.15, 0.2) is 0 Å². The lowest BCUT2D eigenvalue weighted by Crippen LogP contribution is -2.25. The molecule has 0 radical (unpaired) electrons. The smallest absolute Gasteiger partial charge is 0.320 e. The van der Waals surface area contributed by atoms with Crippen molar-refractivity contribution in [3.8, 4) is 5.75 Å². The van der Waals surface area contributed by atoms with Crippen LogP contribution in [0, 0.1) is 0 Å². The molecule has 0 aliphatic carbocycles. The maximum atomic E-state index is 9.14. The van der Waals surface area contributed by atoms with Gasteiger partial charge in [0.05, 0.1) is 0 Å². The summed E-state index contributed by atoms with van der Waals surface area (Å²) >= 11 is 3.21. The number of aromatic hydroxyl groups is 1. The van der Waals surface area contributed by atoms with Crippen LogP contribution in [-0.2, 0) is 0 Å². The Hall–Kier alpha value is -0.475. The lowest BCUT2D eigenvalue weighted by molar-refractivity contribution is 0.475. The molecule has 0 spiro atoms. The Morgan fingerprint density at radius 3 is 2.45 bits per heavy atom. The second-order valence-corrected chi connectivity index (χ2v) is 3.33. The number of hydrogen-bond acceptors (Lipinski definition) is 2. The van der Waals surface area contributed by atoms with E-state index >= 15 is 0 Å². The van der Waals surface area contributed by atoms with Gasteiger partial charge < -0.3 is 10.1 Å². The summed E-state index contributed by atoms with van der Waals surface area (Å²) in [6, 6.07) is 4.88. The van der Waals surface area contributed by atoms with Crippen LogP contribution in [0.1, 0.15) is 0 Å². The van der Waals surface area contributed by atoms with Gasteiger partial charge in [-0.2, -0.15) is 0 Å². The maximum absolute atomic E-state index is 9.14. The monoisotopic (exact) mass is 214 g/mol. The van der Waals surface area contributed by atoms with Gasteiger partial charge >= 0.3 is 6.92 Å². The van der Waals surface area contributed by atoms with Crippen molar-refractivity contribution in [1.29, 1.82) is 0 Å². The van der Waals surface area contributed by atoms with Crippen LogP contribution in [-0.4, -0.2) is 17.0 Å². The van der Waals surface area contributed by atoms with Crippen LogP contribution in [0.4, 0.5) is 0 Å². The van der Waals surface area contributed by atoms with E-state index in [0.717, 1.165) is 4.47 Å². The van der Waals surface area contributed by atoms with E-state index in [4.69, 9.17) is 10.1 Å². The summed E-state index contributed by atoms with van der Waals surface area (Å²) in [7, 11) is 0. The van der Waals surface area contributed by atoms with E-state index in [0.29, 0.717) is 5.46 Å². The van der Waals surface area contributed by atoms with E-state index in [9.17, 15) is 0 Å². The van der Waals surface area contributed by atoms with Gasteiger partial charge in [-0.25, -0.2) is 0 Å². The minimum absolute atomic E-state index is 0.162. The summed E-state index contributed by atoms with van der Waals surface area (Å²) in [4.78, 5) is 0. The summed E-state index contributed by atoms with van der Waals surface area (Å²) in [5.74, 6) is 0.162. The Labute approximate surface area is 74.1 Å². The first kappa shape index (κ1) is 8.62. The molecule has 0 amide bonds. The molecule has 2 nitrogen and oxygen atoms in total. The first-order valence-corrected chi connectivity index (χ1v) is 4.06. The lowest BCUT2D eigenvalue weighted by Gasteiger charge is -2.01. The number of benzene rings is 1. The van der Waals surface area contributed by atoms with E-state index in [2.05, 4.69) is 15.9 Å². The Kier molecular flexibility index (Phi) is 2.57. The van der Waals surface area contributed by atoms with E-state index in [1.54, 1.807) is 19.0 Å². The number of hydrogen-bond donors (Lipinski definition) is 2. The largest absolute Gasteiger partial charge is 0.508 e. The number of halogens is 1. The molecule has 1 rings (SSSR count). The normalized spacial score (nSPS) is 9.73. The average Bonchev–Trinajstić information content (AvgIpc) is 1.85. The molecular weight excluding hydrogens is 207 g/mol. The molecule has 0 heterocycles. The van der Waals surface area contributed by atoms with Crippen LogP contribution >= 0.6 is 15.9 Å². The predicted molar refractivity (Wildman–Crippen MR) is 49.3 cm³/mol. The second kappa shape index (κ2) is 3.28. The van der Waals surface area contributed by atoms with Gasteiger partial charge in [0, 0.05) is 4.47 Å². The van der Waals surface area contributed by atoms with Gasteiger partial charge in [-0.05, 0) is 17.6 Å². The average molecular weight is 215 g/mol. The molecule has 1 aromatic rings. The zero-order valence-corrected chi connectivity index (χ0v) is 7.67. The van der Waals surface area contributed by atoms with Crippen molar-refractivity contribution in [2.24, 2.45) is 0 Å². The molecule has 0 saturated carbocycles. The minimum Gasteiger partial charge on any atom is -0.508 e. The molecule has 0 aromatic heterocycles. The Balaban J connectivity index is 3.08. The van der Waals surface area contributed by atoms with Gasteiger partial charge in [-0.15, -0.1) is 0 Å². The van der Waals surface area contributed by atoms with Crippen LogP contribution < -0.4 is 5.46 Å². The molecule has 0 aliphatic heterocycles. The van der Waals surface area contributed by atoms with Crippen molar-refractivity contribution in [1.82, 2.24) is 0 Å². The summed E-state index contributed by atoms with van der Waals surface area (Å²) in [6.07, 6.45) is 0. The second-order valence-electron chi connectivity index (χ2n) is 2.42. The highest BCUT2D eigenvalue weighted by Crippen LogP contribution is 2.14. The molecule has 0 aliphatic rings. The molecule has 0 saturated heterocycles. The summed E-state index contributed by atoms with van der Waals surface area (Å²) in [6.45, 7) is 1.11. The molecule has 0 fully saturated rings. The van der Waals surface area contributed by atoms with E-state index in [-0.39, 0.29) is 5.75 Å². The van der Waals surface area contributed by atoms with Gasteiger partial charge in [-0.1, -0.05) is 28.8 Å². The fourth-order valence-electron chi connectivity index (χ4n) is 0.837. The third kappa shape index (κ3) is 2.24. The highest BCUT2D eigenvalue weighted by Gasteiger charge is 2.07. The molecule has 1 aromatic carbocycles. The van der Waals surface area contributed by atoms with Gasteiger partial charge in [0.25, 0.3) is 0 Å². The van der Waals surface area contributed by atoms with Crippen molar-refractivity contribution in [2.45, 2.75) is 6.82 Å².